The number of hydrogen-bond acceptors (Lipinski definition) is 4. The average molecular weight is 374 g/mol. The van der Waals surface area contributed by atoms with Crippen molar-refractivity contribution < 1.29 is 14.3 Å². The highest BCUT2D eigenvalue weighted by Gasteiger charge is 2.52. The van der Waals surface area contributed by atoms with E-state index in [0.717, 1.165) is 35.3 Å². The quantitative estimate of drug-likeness (QED) is 0.572. The lowest BCUT2D eigenvalue weighted by molar-refractivity contribution is -0.270. The number of rotatable bonds is 1. The lowest BCUT2D eigenvalue weighted by atomic mass is 9.79. The van der Waals surface area contributed by atoms with Crippen molar-refractivity contribution in [2.75, 3.05) is 0 Å². The van der Waals surface area contributed by atoms with E-state index in [1.54, 1.807) is 11.3 Å². The molecule has 2 bridgehead atoms. The van der Waals surface area contributed by atoms with Gasteiger partial charge >= 0.3 is 0 Å². The summed E-state index contributed by atoms with van der Waals surface area (Å²) < 4.78 is 13.1. The predicted octanol–water partition coefficient (Wildman–Crippen LogP) is 5.41. The lowest BCUT2D eigenvalue weighted by Gasteiger charge is -2.48. The maximum Gasteiger partial charge on any atom is 0.242 e. The smallest absolute Gasteiger partial charge is 0.242 e. The van der Waals surface area contributed by atoms with Crippen molar-refractivity contribution in [2.24, 2.45) is 0 Å². The standard InChI is InChI=1S/C23H18O3S/c24-19-6-3-7-20-21(19)22-17-9-8-14-4-1-2-5-16(14)18(17)12-23(25-20,26-22)15-10-11-27-13-15/h1-2,4-5,8-11,13,22H,3,6-7,12H2/t22?,23-/m0/s1. The van der Waals surface area contributed by atoms with Gasteiger partial charge in [-0.25, -0.2) is 0 Å². The number of carbonyl (C=O) groups is 1. The number of thiophene rings is 1. The van der Waals surface area contributed by atoms with Crippen LogP contribution >= 0.6 is 11.3 Å². The van der Waals surface area contributed by atoms with Crippen molar-refractivity contribution in [3.63, 3.8) is 0 Å². The maximum atomic E-state index is 12.8. The molecule has 2 atom stereocenters. The second-order valence-electron chi connectivity index (χ2n) is 7.51. The van der Waals surface area contributed by atoms with Gasteiger partial charge in [-0.05, 0) is 39.8 Å². The van der Waals surface area contributed by atoms with E-state index in [2.05, 4.69) is 53.2 Å². The summed E-state index contributed by atoms with van der Waals surface area (Å²) in [6, 6.07) is 14.8. The molecule has 0 fully saturated rings. The Morgan fingerprint density at radius 3 is 2.89 bits per heavy atom. The van der Waals surface area contributed by atoms with Gasteiger partial charge in [0.25, 0.3) is 0 Å². The maximum absolute atomic E-state index is 12.8. The molecule has 0 spiro atoms. The molecular formula is C23H18O3S. The van der Waals surface area contributed by atoms with Gasteiger partial charge in [-0.3, -0.25) is 4.79 Å². The fraction of sp³-hybridized carbons (Fsp3) is 0.261. The number of ether oxygens (including phenoxy) is 2. The largest absolute Gasteiger partial charge is 0.461 e. The molecule has 6 rings (SSSR count). The Morgan fingerprint density at radius 1 is 1.07 bits per heavy atom. The summed E-state index contributed by atoms with van der Waals surface area (Å²) in [7, 11) is 0. The summed E-state index contributed by atoms with van der Waals surface area (Å²) in [5, 5.41) is 6.59. The molecule has 134 valence electrons. The highest BCUT2D eigenvalue weighted by molar-refractivity contribution is 7.08. The van der Waals surface area contributed by atoms with Crippen LogP contribution in [0.4, 0.5) is 0 Å². The Morgan fingerprint density at radius 2 is 2.00 bits per heavy atom. The van der Waals surface area contributed by atoms with Gasteiger partial charge in [0, 0.05) is 30.2 Å². The van der Waals surface area contributed by atoms with Crippen molar-refractivity contribution in [1.29, 1.82) is 0 Å². The minimum absolute atomic E-state index is 0.168. The highest BCUT2D eigenvalue weighted by atomic mass is 32.1. The monoisotopic (exact) mass is 374 g/mol. The number of carbonyl (C=O) groups excluding carboxylic acids is 1. The first kappa shape index (κ1) is 15.6. The average Bonchev–Trinajstić information content (AvgIpc) is 3.23. The zero-order valence-corrected chi connectivity index (χ0v) is 15.6. The van der Waals surface area contributed by atoms with E-state index in [4.69, 9.17) is 9.47 Å². The fourth-order valence-electron chi connectivity index (χ4n) is 4.74. The van der Waals surface area contributed by atoms with E-state index >= 15 is 0 Å². The number of benzene rings is 2. The first-order valence-corrected chi connectivity index (χ1v) is 10.4. The Labute approximate surface area is 161 Å². The van der Waals surface area contributed by atoms with Crippen molar-refractivity contribution in [3.8, 4) is 0 Å². The van der Waals surface area contributed by atoms with Crippen molar-refractivity contribution in [1.82, 2.24) is 0 Å². The minimum atomic E-state index is -0.835. The molecular weight excluding hydrogens is 356 g/mol. The second-order valence-corrected chi connectivity index (χ2v) is 8.29. The third kappa shape index (κ3) is 2.14. The lowest BCUT2D eigenvalue weighted by Crippen LogP contribution is -2.46. The van der Waals surface area contributed by atoms with Gasteiger partial charge in [0.2, 0.25) is 5.79 Å². The zero-order valence-electron chi connectivity index (χ0n) is 14.7. The molecule has 1 aromatic heterocycles. The Bertz CT molecular complexity index is 1110. The normalized spacial score (nSPS) is 26.5. The van der Waals surface area contributed by atoms with Crippen LogP contribution in [-0.4, -0.2) is 5.78 Å². The molecule has 0 saturated heterocycles. The van der Waals surface area contributed by atoms with E-state index in [1.165, 1.54) is 16.3 Å². The van der Waals surface area contributed by atoms with Crippen molar-refractivity contribution in [2.45, 2.75) is 37.6 Å². The molecule has 3 heterocycles. The SMILES string of the molecule is O=C1CCCC2=C1C1O[C@](c3ccsc3)(Cc3c1ccc1ccccc31)O2. The van der Waals surface area contributed by atoms with E-state index in [1.807, 2.05) is 0 Å². The van der Waals surface area contributed by atoms with E-state index in [-0.39, 0.29) is 11.9 Å². The number of fused-ring (bicyclic) bond motifs is 7. The Balaban J connectivity index is 1.66. The molecule has 1 aliphatic carbocycles. The van der Waals surface area contributed by atoms with Crippen LogP contribution in [0.1, 0.15) is 42.1 Å². The first-order chi connectivity index (χ1) is 13.3. The van der Waals surface area contributed by atoms with Gasteiger partial charge in [-0.15, -0.1) is 0 Å². The third-order valence-corrected chi connectivity index (χ3v) is 6.68. The molecule has 1 unspecified atom stereocenters. The van der Waals surface area contributed by atoms with Gasteiger partial charge in [0.15, 0.2) is 5.78 Å². The summed E-state index contributed by atoms with van der Waals surface area (Å²) >= 11 is 1.64. The third-order valence-electron chi connectivity index (χ3n) is 6.00. The molecule has 3 aliphatic rings. The van der Waals surface area contributed by atoms with Crippen LogP contribution in [0.25, 0.3) is 10.8 Å². The number of allylic oxidation sites excluding steroid dienone is 1. The van der Waals surface area contributed by atoms with Crippen LogP contribution < -0.4 is 0 Å². The van der Waals surface area contributed by atoms with E-state index in [0.29, 0.717) is 12.8 Å². The summed E-state index contributed by atoms with van der Waals surface area (Å²) in [4.78, 5) is 12.8. The molecule has 2 aromatic carbocycles. The number of Topliss-reactive ketones (excluding diaryl/α,β-unsaturated/α-hetero) is 1. The number of ketones is 1. The molecule has 3 aromatic rings. The topological polar surface area (TPSA) is 35.5 Å². The van der Waals surface area contributed by atoms with Gasteiger partial charge < -0.3 is 9.47 Å². The summed E-state index contributed by atoms with van der Waals surface area (Å²) in [5.74, 6) is 0.173. The first-order valence-electron chi connectivity index (χ1n) is 9.41. The molecule has 2 aliphatic heterocycles. The molecule has 27 heavy (non-hydrogen) atoms. The molecule has 0 saturated carbocycles. The Hall–Kier alpha value is -2.43. The van der Waals surface area contributed by atoms with Crippen LogP contribution in [-0.2, 0) is 26.5 Å². The van der Waals surface area contributed by atoms with Crippen molar-refractivity contribution >= 4 is 27.9 Å². The van der Waals surface area contributed by atoms with Crippen LogP contribution in [0.15, 0.2) is 64.6 Å². The van der Waals surface area contributed by atoms with Crippen LogP contribution in [0.2, 0.25) is 0 Å². The number of hydrogen-bond donors (Lipinski definition) is 0. The van der Waals surface area contributed by atoms with Crippen LogP contribution in [0.3, 0.4) is 0 Å². The van der Waals surface area contributed by atoms with Crippen LogP contribution in [0, 0.1) is 0 Å². The molecule has 0 amide bonds. The van der Waals surface area contributed by atoms with Gasteiger partial charge in [0.1, 0.15) is 11.9 Å². The minimum Gasteiger partial charge on any atom is -0.461 e. The molecule has 4 heteroatoms. The van der Waals surface area contributed by atoms with E-state index < -0.39 is 5.79 Å². The van der Waals surface area contributed by atoms with Gasteiger partial charge in [0.05, 0.1) is 5.57 Å². The molecule has 0 N–H and O–H groups in total. The van der Waals surface area contributed by atoms with E-state index in [9.17, 15) is 4.79 Å². The fourth-order valence-corrected chi connectivity index (χ4v) is 5.45. The highest BCUT2D eigenvalue weighted by Crippen LogP contribution is 2.54. The predicted molar refractivity (Wildman–Crippen MR) is 104 cm³/mol. The summed E-state index contributed by atoms with van der Waals surface area (Å²) in [6.45, 7) is 0. The van der Waals surface area contributed by atoms with Gasteiger partial charge in [-0.2, -0.15) is 11.3 Å². The summed E-state index contributed by atoms with van der Waals surface area (Å²) in [6.07, 6.45) is 2.57. The van der Waals surface area contributed by atoms with Crippen molar-refractivity contribution in [3.05, 3.63) is 81.2 Å². The zero-order chi connectivity index (χ0) is 18.0. The summed E-state index contributed by atoms with van der Waals surface area (Å²) in [5.41, 5.74) is 4.13. The van der Waals surface area contributed by atoms with Crippen LogP contribution in [0.5, 0.6) is 0 Å². The molecule has 3 nitrogen and oxygen atoms in total. The Kier molecular flexibility index (Phi) is 3.20. The van der Waals surface area contributed by atoms with Gasteiger partial charge in [-0.1, -0.05) is 36.4 Å². The second kappa shape index (κ2) is 5.54. The molecule has 0 radical (unpaired) electrons.